The third-order valence-electron chi connectivity index (χ3n) is 3.24. The first-order valence-corrected chi connectivity index (χ1v) is 7.50. The van der Waals surface area contributed by atoms with E-state index in [1.54, 1.807) is 40.4 Å². The van der Waals surface area contributed by atoms with Gasteiger partial charge in [0, 0.05) is 18.1 Å². The first kappa shape index (κ1) is 12.9. The molecule has 0 aliphatic rings. The van der Waals surface area contributed by atoms with Crippen molar-refractivity contribution in [3.63, 3.8) is 0 Å². The number of benzene rings is 1. The Morgan fingerprint density at radius 3 is 3.09 bits per heavy atom. The van der Waals surface area contributed by atoms with Gasteiger partial charge in [-0.3, -0.25) is 4.79 Å². The highest BCUT2D eigenvalue weighted by Gasteiger charge is 2.10. The van der Waals surface area contributed by atoms with E-state index in [-0.39, 0.29) is 5.91 Å². The number of carbonyl (C=O) groups excluding carboxylic acids is 1. The van der Waals surface area contributed by atoms with E-state index >= 15 is 0 Å². The summed E-state index contributed by atoms with van der Waals surface area (Å²) in [5.41, 5.74) is 2.63. The van der Waals surface area contributed by atoms with E-state index in [2.05, 4.69) is 20.4 Å². The summed E-state index contributed by atoms with van der Waals surface area (Å²) in [6.07, 6.45) is 3.35. The molecule has 0 spiro atoms. The Labute approximate surface area is 129 Å². The van der Waals surface area contributed by atoms with E-state index in [0.29, 0.717) is 17.0 Å². The molecule has 0 saturated carbocycles. The predicted octanol–water partition coefficient (Wildman–Crippen LogP) is 2.90. The number of nitrogens with one attached hydrogen (secondary N) is 1. The van der Waals surface area contributed by atoms with Gasteiger partial charge in [-0.05, 0) is 37.3 Å². The molecule has 0 atom stereocenters. The largest absolute Gasteiger partial charge is 0.321 e. The fourth-order valence-corrected chi connectivity index (χ4v) is 3.06. The molecule has 0 aliphatic heterocycles. The summed E-state index contributed by atoms with van der Waals surface area (Å²) in [5.74, 6) is -0.262. The molecule has 4 rings (SSSR count). The minimum Gasteiger partial charge on any atom is -0.321 e. The van der Waals surface area contributed by atoms with Gasteiger partial charge in [0.05, 0.1) is 15.2 Å². The second-order valence-electron chi connectivity index (χ2n) is 4.82. The third-order valence-corrected chi connectivity index (χ3v) is 4.19. The lowest BCUT2D eigenvalue weighted by Gasteiger charge is -2.04. The van der Waals surface area contributed by atoms with Crippen LogP contribution in [-0.2, 0) is 0 Å². The Balaban J connectivity index is 1.64. The summed E-state index contributed by atoms with van der Waals surface area (Å²) < 4.78 is 2.68. The number of fused-ring (bicyclic) bond motifs is 2. The standard InChI is InChI=1S/C15H11N5OS/c1-9-17-12-8-10(2-4-13(12)22-9)18-15(21)11-3-5-14-16-6-7-20(14)19-11/h2-8H,1H3,(H,18,21). The van der Waals surface area contributed by atoms with Crippen LogP contribution in [0, 0.1) is 6.92 Å². The topological polar surface area (TPSA) is 72.2 Å². The molecule has 0 radical (unpaired) electrons. The van der Waals surface area contributed by atoms with Crippen LogP contribution < -0.4 is 5.32 Å². The van der Waals surface area contributed by atoms with Gasteiger partial charge in [0.15, 0.2) is 5.65 Å². The monoisotopic (exact) mass is 309 g/mol. The van der Waals surface area contributed by atoms with Crippen LogP contribution >= 0.6 is 11.3 Å². The Hall–Kier alpha value is -2.80. The summed E-state index contributed by atoms with van der Waals surface area (Å²) in [6.45, 7) is 1.97. The fourth-order valence-electron chi connectivity index (χ4n) is 2.25. The first-order chi connectivity index (χ1) is 10.7. The SMILES string of the molecule is Cc1nc2cc(NC(=O)c3ccc4nccn4n3)ccc2s1. The van der Waals surface area contributed by atoms with Crippen LogP contribution in [-0.4, -0.2) is 25.5 Å². The molecule has 1 amide bonds. The van der Waals surface area contributed by atoms with Crippen molar-refractivity contribution in [3.8, 4) is 0 Å². The second-order valence-corrected chi connectivity index (χ2v) is 6.05. The molecule has 1 aromatic carbocycles. The lowest BCUT2D eigenvalue weighted by atomic mass is 10.3. The Morgan fingerprint density at radius 1 is 1.27 bits per heavy atom. The lowest BCUT2D eigenvalue weighted by molar-refractivity contribution is 0.102. The molecule has 0 unspecified atom stereocenters. The van der Waals surface area contributed by atoms with Crippen molar-refractivity contribution in [1.82, 2.24) is 19.6 Å². The summed E-state index contributed by atoms with van der Waals surface area (Å²) >= 11 is 1.63. The van der Waals surface area contributed by atoms with Crippen LogP contribution in [0.1, 0.15) is 15.5 Å². The summed E-state index contributed by atoms with van der Waals surface area (Å²) in [5, 5.41) is 8.08. The van der Waals surface area contributed by atoms with Gasteiger partial charge >= 0.3 is 0 Å². The number of anilines is 1. The van der Waals surface area contributed by atoms with E-state index in [9.17, 15) is 4.79 Å². The maximum atomic E-state index is 12.3. The number of imidazole rings is 1. The van der Waals surface area contributed by atoms with Gasteiger partial charge in [0.2, 0.25) is 0 Å². The molecule has 0 saturated heterocycles. The number of hydrogen-bond acceptors (Lipinski definition) is 5. The van der Waals surface area contributed by atoms with Crippen molar-refractivity contribution in [3.05, 3.63) is 53.4 Å². The van der Waals surface area contributed by atoms with Crippen LogP contribution in [0.2, 0.25) is 0 Å². The van der Waals surface area contributed by atoms with Crippen molar-refractivity contribution >= 4 is 38.8 Å². The van der Waals surface area contributed by atoms with Gasteiger partial charge in [-0.15, -0.1) is 11.3 Å². The lowest BCUT2D eigenvalue weighted by Crippen LogP contribution is -2.15. The van der Waals surface area contributed by atoms with Crippen molar-refractivity contribution in [2.75, 3.05) is 5.32 Å². The molecule has 108 valence electrons. The van der Waals surface area contributed by atoms with Crippen molar-refractivity contribution in [2.24, 2.45) is 0 Å². The zero-order valence-corrected chi connectivity index (χ0v) is 12.5. The third kappa shape index (κ3) is 2.21. The van der Waals surface area contributed by atoms with E-state index in [0.717, 1.165) is 15.2 Å². The molecule has 6 nitrogen and oxygen atoms in total. The zero-order valence-electron chi connectivity index (χ0n) is 11.6. The smallest absolute Gasteiger partial charge is 0.276 e. The van der Waals surface area contributed by atoms with Crippen LogP contribution in [0.4, 0.5) is 5.69 Å². The molecule has 0 fully saturated rings. The predicted molar refractivity (Wildman–Crippen MR) is 85.3 cm³/mol. The van der Waals surface area contributed by atoms with Crippen molar-refractivity contribution in [1.29, 1.82) is 0 Å². The molecule has 3 aromatic heterocycles. The van der Waals surface area contributed by atoms with Gasteiger partial charge in [0.1, 0.15) is 5.69 Å². The van der Waals surface area contributed by atoms with Crippen LogP contribution in [0.15, 0.2) is 42.7 Å². The number of aryl methyl sites for hydroxylation is 1. The van der Waals surface area contributed by atoms with Crippen LogP contribution in [0.25, 0.3) is 15.9 Å². The molecule has 1 N–H and O–H groups in total. The minimum atomic E-state index is -0.262. The van der Waals surface area contributed by atoms with Crippen molar-refractivity contribution in [2.45, 2.75) is 6.92 Å². The number of amides is 1. The highest BCUT2D eigenvalue weighted by molar-refractivity contribution is 7.18. The fraction of sp³-hybridized carbons (Fsp3) is 0.0667. The molecule has 22 heavy (non-hydrogen) atoms. The van der Waals surface area contributed by atoms with Crippen LogP contribution in [0.5, 0.6) is 0 Å². The average molecular weight is 309 g/mol. The van der Waals surface area contributed by atoms with Crippen molar-refractivity contribution < 1.29 is 4.79 Å². The number of aromatic nitrogens is 4. The Kier molecular flexibility index (Phi) is 2.87. The first-order valence-electron chi connectivity index (χ1n) is 6.68. The number of nitrogens with zero attached hydrogens (tertiary/aromatic N) is 4. The Morgan fingerprint density at radius 2 is 2.18 bits per heavy atom. The highest BCUT2D eigenvalue weighted by atomic mass is 32.1. The maximum Gasteiger partial charge on any atom is 0.276 e. The summed E-state index contributed by atoms with van der Waals surface area (Å²) in [7, 11) is 0. The van der Waals surface area contributed by atoms with E-state index in [1.165, 1.54) is 0 Å². The van der Waals surface area contributed by atoms with Gasteiger partial charge in [0.25, 0.3) is 5.91 Å². The molecular weight excluding hydrogens is 298 g/mol. The van der Waals surface area contributed by atoms with E-state index < -0.39 is 0 Å². The maximum absolute atomic E-state index is 12.3. The van der Waals surface area contributed by atoms with E-state index in [1.807, 2.05) is 25.1 Å². The van der Waals surface area contributed by atoms with Gasteiger partial charge in [-0.25, -0.2) is 14.5 Å². The molecule has 0 bridgehead atoms. The van der Waals surface area contributed by atoms with E-state index in [4.69, 9.17) is 0 Å². The van der Waals surface area contributed by atoms with Gasteiger partial charge in [-0.1, -0.05) is 0 Å². The number of rotatable bonds is 2. The molecule has 7 heteroatoms. The van der Waals surface area contributed by atoms with Crippen LogP contribution in [0.3, 0.4) is 0 Å². The average Bonchev–Trinajstić information content (AvgIpc) is 3.10. The molecule has 0 aliphatic carbocycles. The highest BCUT2D eigenvalue weighted by Crippen LogP contribution is 2.24. The molecular formula is C15H11N5OS. The Bertz CT molecular complexity index is 1000. The molecule has 3 heterocycles. The second kappa shape index (κ2) is 4.88. The molecule has 4 aromatic rings. The number of hydrogen-bond donors (Lipinski definition) is 1. The van der Waals surface area contributed by atoms with Gasteiger partial charge < -0.3 is 5.32 Å². The summed E-state index contributed by atoms with van der Waals surface area (Å²) in [6, 6.07) is 9.11. The quantitative estimate of drug-likeness (QED) is 0.618. The number of carbonyl (C=O) groups is 1. The number of thiazole rings is 1. The zero-order chi connectivity index (χ0) is 15.1. The van der Waals surface area contributed by atoms with Gasteiger partial charge in [-0.2, -0.15) is 5.10 Å². The normalized spacial score (nSPS) is 11.1. The summed E-state index contributed by atoms with van der Waals surface area (Å²) in [4.78, 5) is 20.8. The minimum absolute atomic E-state index is 0.262.